The second kappa shape index (κ2) is 11.3. The minimum absolute atomic E-state index is 0.226. The van der Waals surface area contributed by atoms with Crippen LogP contribution in [-0.4, -0.2) is 60.8 Å². The maximum absolute atomic E-state index is 13.6. The monoisotopic (exact) mass is 595 g/mol. The number of anilines is 1. The molecule has 0 atom stereocenters. The van der Waals surface area contributed by atoms with Gasteiger partial charge in [-0.15, -0.1) is 0 Å². The Morgan fingerprint density at radius 3 is 2.45 bits per heavy atom. The molecule has 6 rings (SSSR count). The van der Waals surface area contributed by atoms with Gasteiger partial charge in [0.25, 0.3) is 10.1 Å². The number of piperidine rings is 1. The van der Waals surface area contributed by atoms with Gasteiger partial charge in [-0.05, 0) is 79.8 Å². The zero-order chi connectivity index (χ0) is 29.5. The highest BCUT2D eigenvalue weighted by Gasteiger charge is 2.47. The molecule has 3 aromatic rings. The predicted octanol–water partition coefficient (Wildman–Crippen LogP) is 5.79. The lowest BCUT2D eigenvalue weighted by atomic mass is 9.77. The van der Waals surface area contributed by atoms with Crippen LogP contribution in [0, 0.1) is 5.82 Å². The van der Waals surface area contributed by atoms with E-state index in [2.05, 4.69) is 22.0 Å². The molecule has 1 amide bonds. The molecule has 11 heteroatoms. The van der Waals surface area contributed by atoms with Crippen molar-refractivity contribution < 1.29 is 31.6 Å². The summed E-state index contributed by atoms with van der Waals surface area (Å²) in [5, 5.41) is 0. The molecule has 2 saturated heterocycles. The van der Waals surface area contributed by atoms with Gasteiger partial charge in [0, 0.05) is 49.3 Å². The molecule has 3 heterocycles. The Hall–Kier alpha value is -3.54. The second-order valence-electron chi connectivity index (χ2n) is 11.4. The number of carbonyl (C=O) groups is 1. The van der Waals surface area contributed by atoms with E-state index in [0.717, 1.165) is 48.5 Å². The zero-order valence-corrected chi connectivity index (χ0v) is 24.3. The van der Waals surface area contributed by atoms with Crippen molar-refractivity contribution in [2.75, 3.05) is 31.1 Å². The van der Waals surface area contributed by atoms with Crippen molar-refractivity contribution in [3.63, 3.8) is 0 Å². The minimum Gasteiger partial charge on any atom is -0.494 e. The van der Waals surface area contributed by atoms with Crippen LogP contribution < -0.4 is 9.64 Å². The number of hydrogen-bond donors (Lipinski definition) is 1. The summed E-state index contributed by atoms with van der Waals surface area (Å²) in [6.45, 7) is 5.01. The normalized spacial score (nSPS) is 19.1. The molecule has 9 nitrogen and oxygen atoms in total. The van der Waals surface area contributed by atoms with E-state index in [1.165, 1.54) is 53.4 Å². The number of pyridine rings is 1. The zero-order valence-electron chi connectivity index (χ0n) is 23.5. The van der Waals surface area contributed by atoms with Crippen molar-refractivity contribution >= 4 is 21.9 Å². The molecule has 3 fully saturated rings. The summed E-state index contributed by atoms with van der Waals surface area (Å²) in [4.78, 5) is 20.8. The Labute approximate surface area is 245 Å². The molecular weight excluding hydrogens is 561 g/mol. The van der Waals surface area contributed by atoms with Crippen molar-refractivity contribution in [1.29, 1.82) is 0 Å². The Bertz CT molecular complexity index is 1570. The number of halogens is 1. The molecule has 1 aromatic heterocycles. The van der Waals surface area contributed by atoms with Crippen LogP contribution >= 0.6 is 0 Å². The first-order valence-corrected chi connectivity index (χ1v) is 15.8. The number of amides is 1. The summed E-state index contributed by atoms with van der Waals surface area (Å²) >= 11 is 0. The van der Waals surface area contributed by atoms with Gasteiger partial charge in [-0.1, -0.05) is 6.42 Å². The molecule has 42 heavy (non-hydrogen) atoms. The molecule has 1 aliphatic carbocycles. The van der Waals surface area contributed by atoms with E-state index in [-0.39, 0.29) is 10.7 Å². The largest absolute Gasteiger partial charge is 0.494 e. The van der Waals surface area contributed by atoms with Gasteiger partial charge in [0.1, 0.15) is 17.2 Å². The van der Waals surface area contributed by atoms with Crippen molar-refractivity contribution in [1.82, 2.24) is 9.88 Å². The second-order valence-corrected chi connectivity index (χ2v) is 12.8. The predicted molar refractivity (Wildman–Crippen MR) is 155 cm³/mol. The van der Waals surface area contributed by atoms with Gasteiger partial charge in [0.2, 0.25) is 0 Å². The van der Waals surface area contributed by atoms with E-state index in [4.69, 9.17) is 9.47 Å². The van der Waals surface area contributed by atoms with Gasteiger partial charge in [0.05, 0.1) is 29.9 Å². The summed E-state index contributed by atoms with van der Waals surface area (Å²) in [6.07, 6.45) is 5.55. The van der Waals surface area contributed by atoms with Crippen LogP contribution in [0.3, 0.4) is 0 Å². The molecule has 2 aliphatic heterocycles. The lowest BCUT2D eigenvalue weighted by Crippen LogP contribution is -2.46. The number of carbonyl (C=O) groups excluding carboxylic acids is 1. The number of likely N-dealkylation sites (tertiary alicyclic amines) is 1. The van der Waals surface area contributed by atoms with E-state index >= 15 is 0 Å². The summed E-state index contributed by atoms with van der Waals surface area (Å²) in [5.74, 6) is 0.884. The van der Waals surface area contributed by atoms with Gasteiger partial charge < -0.3 is 9.47 Å². The fraction of sp³-hybridized carbons (Fsp3) is 0.419. The highest BCUT2D eigenvalue weighted by atomic mass is 32.2. The third-order valence-corrected chi connectivity index (χ3v) is 9.53. The molecule has 1 spiro atoms. The number of hydrogen-bond acceptors (Lipinski definition) is 7. The van der Waals surface area contributed by atoms with Gasteiger partial charge in [-0.2, -0.15) is 8.42 Å². The first kappa shape index (κ1) is 28.6. The molecule has 2 aromatic carbocycles. The van der Waals surface area contributed by atoms with E-state index in [9.17, 15) is 22.2 Å². The van der Waals surface area contributed by atoms with E-state index in [1.54, 1.807) is 6.07 Å². The third-order valence-electron chi connectivity index (χ3n) is 8.66. The average Bonchev–Trinajstić information content (AvgIpc) is 3.26. The SMILES string of the molecule is CCOc1cc(-c2ccc(F)cn2)c(C2CCC2)cc1CN1CCC2(CC1)CN(c1ccc(S(=O)(=O)O)cc1)C(=O)O2. The van der Waals surface area contributed by atoms with E-state index in [1.807, 2.05) is 6.92 Å². The molecule has 1 saturated carbocycles. The van der Waals surface area contributed by atoms with Gasteiger partial charge in [0.15, 0.2) is 0 Å². The van der Waals surface area contributed by atoms with Crippen LogP contribution in [0.5, 0.6) is 5.75 Å². The number of benzene rings is 2. The van der Waals surface area contributed by atoms with Crippen molar-refractivity contribution in [2.45, 2.75) is 62.0 Å². The maximum Gasteiger partial charge on any atom is 0.415 e. The molecular formula is C31H34FN3O6S. The minimum atomic E-state index is -4.31. The number of rotatable bonds is 8. The molecule has 0 bridgehead atoms. The smallest absolute Gasteiger partial charge is 0.415 e. The van der Waals surface area contributed by atoms with Crippen LogP contribution in [0.4, 0.5) is 14.9 Å². The topological polar surface area (TPSA) is 109 Å². The summed E-state index contributed by atoms with van der Waals surface area (Å²) in [6, 6.07) is 13.0. The van der Waals surface area contributed by atoms with Crippen molar-refractivity contribution in [2.24, 2.45) is 0 Å². The van der Waals surface area contributed by atoms with Crippen LogP contribution in [0.25, 0.3) is 11.3 Å². The van der Waals surface area contributed by atoms with E-state index < -0.39 is 21.8 Å². The average molecular weight is 596 g/mol. The lowest BCUT2D eigenvalue weighted by molar-refractivity contribution is -0.00112. The van der Waals surface area contributed by atoms with Gasteiger partial charge in [-0.3, -0.25) is 19.3 Å². The van der Waals surface area contributed by atoms with Gasteiger partial charge >= 0.3 is 6.09 Å². The van der Waals surface area contributed by atoms with E-state index in [0.29, 0.717) is 44.1 Å². The molecule has 0 radical (unpaired) electrons. The first-order valence-electron chi connectivity index (χ1n) is 14.4. The standard InChI is InChI=1S/C31H34FN3O6S/c1-2-40-29-17-27(28-11-6-23(32)18-33-28)26(21-4-3-5-21)16-22(29)19-34-14-12-31(13-15-34)20-35(30(36)41-31)24-7-9-25(10-8-24)42(37,38)39/h6-11,16-18,21H,2-5,12-15,19-20H2,1H3,(H,37,38,39). The molecule has 0 unspecified atom stereocenters. The first-order chi connectivity index (χ1) is 20.1. The number of ether oxygens (including phenoxy) is 2. The highest BCUT2D eigenvalue weighted by Crippen LogP contribution is 2.44. The number of nitrogens with zero attached hydrogens (tertiary/aromatic N) is 3. The Balaban J connectivity index is 1.18. The van der Waals surface area contributed by atoms with Crippen LogP contribution in [-0.2, 0) is 21.4 Å². The summed E-state index contributed by atoms with van der Waals surface area (Å²) in [7, 11) is -4.31. The fourth-order valence-corrected chi connectivity index (χ4v) is 6.59. The Kier molecular flexibility index (Phi) is 7.67. The Morgan fingerprint density at radius 1 is 1.12 bits per heavy atom. The lowest BCUT2D eigenvalue weighted by Gasteiger charge is -2.38. The third kappa shape index (κ3) is 5.73. The van der Waals surface area contributed by atoms with Crippen molar-refractivity contribution in [3.05, 3.63) is 71.7 Å². The fourth-order valence-electron chi connectivity index (χ4n) is 6.11. The summed E-state index contributed by atoms with van der Waals surface area (Å²) < 4.78 is 57.6. The van der Waals surface area contributed by atoms with Crippen LogP contribution in [0.2, 0.25) is 0 Å². The Morgan fingerprint density at radius 2 is 1.86 bits per heavy atom. The quantitative estimate of drug-likeness (QED) is 0.326. The van der Waals surface area contributed by atoms with Crippen LogP contribution in [0.1, 0.15) is 56.1 Å². The molecule has 1 N–H and O–H groups in total. The van der Waals surface area contributed by atoms with Crippen LogP contribution in [0.15, 0.2) is 59.6 Å². The highest BCUT2D eigenvalue weighted by molar-refractivity contribution is 7.85. The maximum atomic E-state index is 13.6. The molecule has 3 aliphatic rings. The summed E-state index contributed by atoms with van der Waals surface area (Å²) in [5.41, 5.74) is 3.97. The number of aromatic nitrogens is 1. The van der Waals surface area contributed by atoms with Gasteiger partial charge in [-0.25, -0.2) is 9.18 Å². The van der Waals surface area contributed by atoms with Crippen molar-refractivity contribution in [3.8, 4) is 17.0 Å². The molecule has 222 valence electrons.